The average Bonchev–Trinajstić information content (AvgIpc) is 2.52. The molecule has 0 aliphatic rings. The third-order valence-electron chi connectivity index (χ3n) is 3.37. The minimum atomic E-state index is -3.81. The van der Waals surface area contributed by atoms with E-state index in [0.29, 0.717) is 12.2 Å². The van der Waals surface area contributed by atoms with Crippen LogP contribution in [0.25, 0.3) is 0 Å². The van der Waals surface area contributed by atoms with Crippen LogP contribution in [-0.2, 0) is 10.0 Å². The van der Waals surface area contributed by atoms with Gasteiger partial charge in [0.25, 0.3) is 0 Å². The van der Waals surface area contributed by atoms with Crippen molar-refractivity contribution in [2.45, 2.75) is 31.2 Å². The highest BCUT2D eigenvalue weighted by atomic mass is 32.2. The molecule has 0 saturated heterocycles. The summed E-state index contributed by atoms with van der Waals surface area (Å²) in [4.78, 5) is 0.00397. The lowest BCUT2D eigenvalue weighted by Crippen LogP contribution is -2.38. The van der Waals surface area contributed by atoms with E-state index in [0.717, 1.165) is 0 Å². The summed E-state index contributed by atoms with van der Waals surface area (Å²) in [6.45, 7) is 3.69. The molecule has 0 amide bonds. The van der Waals surface area contributed by atoms with Crippen LogP contribution in [0.2, 0.25) is 0 Å². The Morgan fingerprint density at radius 1 is 1.09 bits per heavy atom. The van der Waals surface area contributed by atoms with Crippen molar-refractivity contribution in [3.63, 3.8) is 0 Å². The number of benzene rings is 1. The Morgan fingerprint density at radius 3 is 2.13 bits per heavy atom. The van der Waals surface area contributed by atoms with Crippen LogP contribution in [0.3, 0.4) is 0 Å². The SMILES string of the molecule is COc1ccc(S(=O)(=O)N(CCCO)C(C)C)c(OC)c1OC. The number of ether oxygens (including phenoxy) is 3. The first-order chi connectivity index (χ1) is 10.8. The summed E-state index contributed by atoms with van der Waals surface area (Å²) in [5, 5.41) is 9.00. The predicted molar refractivity (Wildman–Crippen MR) is 86.8 cm³/mol. The Labute approximate surface area is 137 Å². The maximum absolute atomic E-state index is 13.0. The molecule has 0 bridgehead atoms. The lowest BCUT2D eigenvalue weighted by molar-refractivity contribution is 0.257. The van der Waals surface area contributed by atoms with Crippen molar-refractivity contribution in [3.8, 4) is 17.2 Å². The first-order valence-corrected chi connectivity index (χ1v) is 8.70. The lowest BCUT2D eigenvalue weighted by atomic mass is 10.3. The number of hydrogen-bond donors (Lipinski definition) is 1. The van der Waals surface area contributed by atoms with Crippen LogP contribution in [-0.4, -0.2) is 58.4 Å². The van der Waals surface area contributed by atoms with E-state index in [-0.39, 0.29) is 35.6 Å². The van der Waals surface area contributed by atoms with Crippen LogP contribution in [0, 0.1) is 0 Å². The van der Waals surface area contributed by atoms with Crippen molar-refractivity contribution in [1.29, 1.82) is 0 Å². The second-order valence-electron chi connectivity index (χ2n) is 5.12. The van der Waals surface area contributed by atoms with Crippen LogP contribution < -0.4 is 14.2 Å². The van der Waals surface area contributed by atoms with E-state index >= 15 is 0 Å². The quantitative estimate of drug-likeness (QED) is 0.728. The van der Waals surface area contributed by atoms with Gasteiger partial charge in [-0.1, -0.05) is 0 Å². The van der Waals surface area contributed by atoms with Gasteiger partial charge in [0.15, 0.2) is 11.5 Å². The number of nitrogens with zero attached hydrogens (tertiary/aromatic N) is 1. The second-order valence-corrected chi connectivity index (χ2v) is 6.98. The number of sulfonamides is 1. The number of aliphatic hydroxyl groups is 1. The molecular weight excluding hydrogens is 322 g/mol. The van der Waals surface area contributed by atoms with Crippen molar-refractivity contribution < 1.29 is 27.7 Å². The standard InChI is InChI=1S/C15H25NO6S/c1-11(2)16(9-6-10-17)23(18,19)13-8-7-12(20-3)14(21-4)15(13)22-5/h7-8,11,17H,6,9-10H2,1-5H3. The fourth-order valence-electron chi connectivity index (χ4n) is 2.29. The van der Waals surface area contributed by atoms with Gasteiger partial charge in [0.2, 0.25) is 15.8 Å². The van der Waals surface area contributed by atoms with Crippen molar-refractivity contribution in [2.75, 3.05) is 34.5 Å². The summed E-state index contributed by atoms with van der Waals surface area (Å²) in [7, 11) is 0.452. The normalized spacial score (nSPS) is 11.8. The molecule has 7 nitrogen and oxygen atoms in total. The summed E-state index contributed by atoms with van der Waals surface area (Å²) in [6.07, 6.45) is 0.354. The zero-order valence-electron chi connectivity index (χ0n) is 14.2. The van der Waals surface area contributed by atoms with Crippen molar-refractivity contribution in [3.05, 3.63) is 12.1 Å². The van der Waals surface area contributed by atoms with Gasteiger partial charge in [-0.05, 0) is 32.4 Å². The summed E-state index contributed by atoms with van der Waals surface area (Å²) >= 11 is 0. The van der Waals surface area contributed by atoms with Crippen LogP contribution in [0.15, 0.2) is 17.0 Å². The third kappa shape index (κ3) is 4.07. The van der Waals surface area contributed by atoms with Gasteiger partial charge in [0, 0.05) is 19.2 Å². The van der Waals surface area contributed by atoms with E-state index in [9.17, 15) is 8.42 Å². The molecule has 0 heterocycles. The molecule has 0 atom stereocenters. The molecule has 0 aromatic heterocycles. The van der Waals surface area contributed by atoms with Gasteiger partial charge >= 0.3 is 0 Å². The van der Waals surface area contributed by atoms with E-state index in [4.69, 9.17) is 19.3 Å². The molecule has 0 spiro atoms. The van der Waals surface area contributed by atoms with Crippen LogP contribution in [0.5, 0.6) is 17.2 Å². The maximum Gasteiger partial charge on any atom is 0.247 e. The monoisotopic (exact) mass is 347 g/mol. The Kier molecular flexibility index (Phi) is 7.11. The first kappa shape index (κ1) is 19.5. The Bertz CT molecular complexity index is 615. The van der Waals surface area contributed by atoms with Crippen LogP contribution in [0.4, 0.5) is 0 Å². The van der Waals surface area contributed by atoms with Crippen LogP contribution in [0.1, 0.15) is 20.3 Å². The lowest BCUT2D eigenvalue weighted by Gasteiger charge is -2.27. The van der Waals surface area contributed by atoms with Gasteiger partial charge in [-0.25, -0.2) is 8.42 Å². The molecule has 0 aliphatic carbocycles. The molecular formula is C15H25NO6S. The second kappa shape index (κ2) is 8.37. The van der Waals surface area contributed by atoms with Gasteiger partial charge < -0.3 is 19.3 Å². The largest absolute Gasteiger partial charge is 0.493 e. The Balaban J connectivity index is 3.47. The van der Waals surface area contributed by atoms with Crippen molar-refractivity contribution in [2.24, 2.45) is 0 Å². The highest BCUT2D eigenvalue weighted by Gasteiger charge is 2.32. The highest BCUT2D eigenvalue weighted by Crippen LogP contribution is 2.42. The minimum absolute atomic E-state index is 0.00397. The fourth-order valence-corrected chi connectivity index (χ4v) is 4.11. The summed E-state index contributed by atoms with van der Waals surface area (Å²) in [5.74, 6) is 0.707. The van der Waals surface area contributed by atoms with Gasteiger partial charge in [0.05, 0.1) is 21.3 Å². The van der Waals surface area contributed by atoms with E-state index in [1.807, 2.05) is 0 Å². The van der Waals surface area contributed by atoms with Crippen LogP contribution >= 0.6 is 0 Å². The molecule has 1 N–H and O–H groups in total. The van der Waals surface area contributed by atoms with E-state index < -0.39 is 10.0 Å². The number of aliphatic hydroxyl groups excluding tert-OH is 1. The molecule has 1 aromatic rings. The van der Waals surface area contributed by atoms with Gasteiger partial charge in [-0.15, -0.1) is 0 Å². The van der Waals surface area contributed by atoms with Gasteiger partial charge in [-0.2, -0.15) is 4.31 Å². The van der Waals surface area contributed by atoms with Crippen molar-refractivity contribution in [1.82, 2.24) is 4.31 Å². The molecule has 0 radical (unpaired) electrons. The Morgan fingerprint density at radius 2 is 1.70 bits per heavy atom. The van der Waals surface area contributed by atoms with E-state index in [1.54, 1.807) is 13.8 Å². The molecule has 23 heavy (non-hydrogen) atoms. The molecule has 0 unspecified atom stereocenters. The predicted octanol–water partition coefficient (Wildman–Crippen LogP) is 1.49. The zero-order valence-corrected chi connectivity index (χ0v) is 15.0. The smallest absolute Gasteiger partial charge is 0.247 e. The molecule has 1 aromatic carbocycles. The van der Waals surface area contributed by atoms with E-state index in [1.165, 1.54) is 37.8 Å². The molecule has 132 valence electrons. The highest BCUT2D eigenvalue weighted by molar-refractivity contribution is 7.89. The molecule has 0 saturated carbocycles. The third-order valence-corrected chi connectivity index (χ3v) is 5.47. The first-order valence-electron chi connectivity index (χ1n) is 7.26. The molecule has 0 fully saturated rings. The van der Waals surface area contributed by atoms with E-state index in [2.05, 4.69) is 0 Å². The Hall–Kier alpha value is -1.51. The number of hydrogen-bond acceptors (Lipinski definition) is 6. The molecule has 0 aliphatic heterocycles. The fraction of sp³-hybridized carbons (Fsp3) is 0.600. The molecule has 8 heteroatoms. The summed E-state index contributed by atoms with van der Waals surface area (Å²) in [5.41, 5.74) is 0. The average molecular weight is 347 g/mol. The summed E-state index contributed by atoms with van der Waals surface area (Å²) in [6, 6.07) is 2.70. The molecule has 1 rings (SSSR count). The number of methoxy groups -OCH3 is 3. The van der Waals surface area contributed by atoms with Gasteiger partial charge in [0.1, 0.15) is 4.90 Å². The van der Waals surface area contributed by atoms with Crippen molar-refractivity contribution >= 4 is 10.0 Å². The number of rotatable bonds is 9. The van der Waals surface area contributed by atoms with Gasteiger partial charge in [-0.3, -0.25) is 0 Å². The summed E-state index contributed by atoms with van der Waals surface area (Å²) < 4.78 is 43.0. The maximum atomic E-state index is 13.0. The minimum Gasteiger partial charge on any atom is -0.493 e. The zero-order chi connectivity index (χ0) is 17.6. The topological polar surface area (TPSA) is 85.3 Å².